The van der Waals surface area contributed by atoms with E-state index in [4.69, 9.17) is 4.74 Å². The van der Waals surface area contributed by atoms with Gasteiger partial charge in [0.2, 0.25) is 0 Å². The lowest BCUT2D eigenvalue weighted by atomic mass is 10.1. The van der Waals surface area contributed by atoms with Crippen molar-refractivity contribution in [2.24, 2.45) is 0 Å². The number of amides is 1. The molecule has 0 aliphatic carbocycles. The van der Waals surface area contributed by atoms with E-state index in [9.17, 15) is 4.79 Å². The Kier molecular flexibility index (Phi) is 3.81. The van der Waals surface area contributed by atoms with Gasteiger partial charge in [0.05, 0.1) is 18.8 Å². The molecule has 0 aromatic carbocycles. The summed E-state index contributed by atoms with van der Waals surface area (Å²) in [5.74, 6) is 0.742. The Bertz CT molecular complexity index is 436. The minimum Gasteiger partial charge on any atom is -0.375 e. The van der Waals surface area contributed by atoms with Crippen LogP contribution in [0.15, 0.2) is 18.3 Å². The number of hydrogen-bond acceptors (Lipinski definition) is 4. The summed E-state index contributed by atoms with van der Waals surface area (Å²) in [6.45, 7) is 5.22. The van der Waals surface area contributed by atoms with Crippen LogP contribution in [0.1, 0.15) is 24.2 Å². The van der Waals surface area contributed by atoms with Gasteiger partial charge in [-0.15, -0.1) is 0 Å². The largest absolute Gasteiger partial charge is 0.375 e. The lowest BCUT2D eigenvalue weighted by Gasteiger charge is -2.36. The summed E-state index contributed by atoms with van der Waals surface area (Å²) in [5.41, 5.74) is 0.662. The maximum absolute atomic E-state index is 12.4. The second kappa shape index (κ2) is 5.35. The maximum atomic E-state index is 12.4. The number of carbonyl (C=O) groups is 1. The molecular formula is C13H19N3O2. The summed E-state index contributed by atoms with van der Waals surface area (Å²) in [7, 11) is 1.79. The molecule has 1 fully saturated rings. The minimum atomic E-state index is 0.0385. The lowest BCUT2D eigenvalue weighted by molar-refractivity contribution is -0.0387. The molecule has 18 heavy (non-hydrogen) atoms. The quantitative estimate of drug-likeness (QED) is 0.860. The first kappa shape index (κ1) is 12.8. The van der Waals surface area contributed by atoms with Gasteiger partial charge in [0.1, 0.15) is 5.82 Å². The lowest BCUT2D eigenvalue weighted by Crippen LogP contribution is -2.50. The summed E-state index contributed by atoms with van der Waals surface area (Å²) in [6.07, 6.45) is 1.74. The average molecular weight is 249 g/mol. The monoisotopic (exact) mass is 249 g/mol. The highest BCUT2D eigenvalue weighted by molar-refractivity contribution is 5.95. The van der Waals surface area contributed by atoms with Crippen LogP contribution in [0.4, 0.5) is 5.82 Å². The number of ether oxygens (including phenoxy) is 1. The number of pyridine rings is 1. The topological polar surface area (TPSA) is 54.5 Å². The summed E-state index contributed by atoms with van der Waals surface area (Å²) in [6, 6.07) is 3.63. The molecule has 2 unspecified atom stereocenters. The molecule has 98 valence electrons. The first-order chi connectivity index (χ1) is 8.61. The van der Waals surface area contributed by atoms with Gasteiger partial charge in [-0.05, 0) is 26.0 Å². The third kappa shape index (κ3) is 2.61. The highest BCUT2D eigenvalue weighted by Crippen LogP contribution is 2.16. The first-order valence-corrected chi connectivity index (χ1v) is 6.18. The molecule has 2 atom stereocenters. The highest BCUT2D eigenvalue weighted by Gasteiger charge is 2.28. The van der Waals surface area contributed by atoms with Gasteiger partial charge in [0.25, 0.3) is 5.91 Å². The number of nitrogens with one attached hydrogen (secondary N) is 1. The van der Waals surface area contributed by atoms with Crippen LogP contribution in [0.25, 0.3) is 0 Å². The summed E-state index contributed by atoms with van der Waals surface area (Å²) < 4.78 is 5.53. The Morgan fingerprint density at radius 2 is 2.33 bits per heavy atom. The van der Waals surface area contributed by atoms with Crippen LogP contribution >= 0.6 is 0 Å². The number of anilines is 1. The minimum absolute atomic E-state index is 0.0385. The van der Waals surface area contributed by atoms with Crippen LogP contribution in [-0.2, 0) is 4.74 Å². The van der Waals surface area contributed by atoms with Crippen molar-refractivity contribution in [3.05, 3.63) is 23.9 Å². The number of nitrogens with zero attached hydrogens (tertiary/aromatic N) is 2. The average Bonchev–Trinajstić information content (AvgIpc) is 2.41. The normalized spacial score (nSPS) is 23.8. The highest BCUT2D eigenvalue weighted by atomic mass is 16.5. The zero-order chi connectivity index (χ0) is 13.1. The molecule has 0 saturated carbocycles. The molecule has 1 amide bonds. The second-order valence-electron chi connectivity index (χ2n) is 4.63. The molecule has 0 radical (unpaired) electrons. The van der Waals surface area contributed by atoms with E-state index >= 15 is 0 Å². The Morgan fingerprint density at radius 1 is 1.56 bits per heavy atom. The van der Waals surface area contributed by atoms with Crippen molar-refractivity contribution in [1.29, 1.82) is 0 Å². The molecule has 0 spiro atoms. The van der Waals surface area contributed by atoms with Crippen LogP contribution in [-0.4, -0.2) is 48.1 Å². The number of rotatable bonds is 2. The Balaban J connectivity index is 2.18. The van der Waals surface area contributed by atoms with Gasteiger partial charge in [0.15, 0.2) is 0 Å². The molecule has 0 bridgehead atoms. The van der Waals surface area contributed by atoms with Gasteiger partial charge in [-0.1, -0.05) is 0 Å². The van der Waals surface area contributed by atoms with Gasteiger partial charge in [0, 0.05) is 25.4 Å². The fourth-order valence-corrected chi connectivity index (χ4v) is 2.05. The van der Waals surface area contributed by atoms with Crippen LogP contribution in [0.5, 0.6) is 0 Å². The van der Waals surface area contributed by atoms with Crippen LogP contribution in [0.3, 0.4) is 0 Å². The van der Waals surface area contributed by atoms with E-state index in [1.807, 2.05) is 18.7 Å². The number of morpholine rings is 1. The molecule has 2 rings (SSSR count). The SMILES string of the molecule is CNc1cc(C(=O)N2CC(C)OCC2C)ccn1. The predicted molar refractivity (Wildman–Crippen MR) is 69.7 cm³/mol. The van der Waals surface area contributed by atoms with E-state index in [2.05, 4.69) is 10.3 Å². The van der Waals surface area contributed by atoms with E-state index in [0.717, 1.165) is 0 Å². The van der Waals surface area contributed by atoms with Crippen molar-refractivity contribution >= 4 is 11.7 Å². The zero-order valence-electron chi connectivity index (χ0n) is 11.0. The number of hydrogen-bond donors (Lipinski definition) is 1. The van der Waals surface area contributed by atoms with E-state index in [1.165, 1.54) is 0 Å². The van der Waals surface area contributed by atoms with E-state index in [0.29, 0.717) is 24.5 Å². The van der Waals surface area contributed by atoms with Crippen LogP contribution in [0.2, 0.25) is 0 Å². The number of aromatic nitrogens is 1. The van der Waals surface area contributed by atoms with Crippen LogP contribution < -0.4 is 5.32 Å². The molecule has 1 aliphatic rings. The summed E-state index contributed by atoms with van der Waals surface area (Å²) in [5, 5.41) is 2.94. The third-order valence-electron chi connectivity index (χ3n) is 3.13. The molecule has 5 heteroatoms. The van der Waals surface area contributed by atoms with Crippen molar-refractivity contribution < 1.29 is 9.53 Å². The number of carbonyl (C=O) groups excluding carboxylic acids is 1. The predicted octanol–water partition coefficient (Wildman–Crippen LogP) is 1.37. The van der Waals surface area contributed by atoms with Gasteiger partial charge >= 0.3 is 0 Å². The molecule has 1 aromatic heterocycles. The van der Waals surface area contributed by atoms with E-state index < -0.39 is 0 Å². The third-order valence-corrected chi connectivity index (χ3v) is 3.13. The summed E-state index contributed by atoms with van der Waals surface area (Å²) >= 11 is 0. The molecule has 1 N–H and O–H groups in total. The van der Waals surface area contributed by atoms with Gasteiger partial charge in [-0.2, -0.15) is 0 Å². The van der Waals surface area contributed by atoms with Crippen molar-refractivity contribution in [2.45, 2.75) is 26.0 Å². The Hall–Kier alpha value is -1.62. The molecule has 2 heterocycles. The van der Waals surface area contributed by atoms with Crippen molar-refractivity contribution in [3.63, 3.8) is 0 Å². The van der Waals surface area contributed by atoms with E-state index in [-0.39, 0.29) is 18.1 Å². The molecule has 5 nitrogen and oxygen atoms in total. The van der Waals surface area contributed by atoms with Crippen LogP contribution in [0, 0.1) is 0 Å². The first-order valence-electron chi connectivity index (χ1n) is 6.18. The van der Waals surface area contributed by atoms with Gasteiger partial charge in [-0.25, -0.2) is 4.98 Å². The van der Waals surface area contributed by atoms with Gasteiger partial charge in [-0.3, -0.25) is 4.79 Å². The van der Waals surface area contributed by atoms with Crippen molar-refractivity contribution in [3.8, 4) is 0 Å². The molecule has 1 aromatic rings. The molecule has 1 aliphatic heterocycles. The second-order valence-corrected chi connectivity index (χ2v) is 4.63. The fraction of sp³-hybridized carbons (Fsp3) is 0.538. The Labute approximate surface area is 107 Å². The van der Waals surface area contributed by atoms with E-state index in [1.54, 1.807) is 25.4 Å². The summed E-state index contributed by atoms with van der Waals surface area (Å²) in [4.78, 5) is 18.4. The fourth-order valence-electron chi connectivity index (χ4n) is 2.05. The molecular weight excluding hydrogens is 230 g/mol. The Morgan fingerprint density at radius 3 is 3.06 bits per heavy atom. The standard InChI is InChI=1S/C13H19N3O2/c1-9-8-18-10(2)7-16(9)13(17)11-4-5-15-12(6-11)14-3/h4-6,9-10H,7-8H2,1-3H3,(H,14,15). The van der Waals surface area contributed by atoms with Crippen molar-refractivity contribution in [1.82, 2.24) is 9.88 Å². The zero-order valence-corrected chi connectivity index (χ0v) is 11.0. The maximum Gasteiger partial charge on any atom is 0.254 e. The van der Waals surface area contributed by atoms with Gasteiger partial charge < -0.3 is 15.0 Å². The smallest absolute Gasteiger partial charge is 0.254 e. The molecule has 1 saturated heterocycles. The van der Waals surface area contributed by atoms with Crippen molar-refractivity contribution in [2.75, 3.05) is 25.5 Å².